The molecule has 10 nitrogen and oxygen atoms in total. The van der Waals surface area contributed by atoms with Gasteiger partial charge in [-0.1, -0.05) is 54.2 Å². The van der Waals surface area contributed by atoms with Gasteiger partial charge in [-0.05, 0) is 12.0 Å². The summed E-state index contributed by atoms with van der Waals surface area (Å²) in [5.74, 6) is 0.00738. The van der Waals surface area contributed by atoms with E-state index in [2.05, 4.69) is 19.9 Å². The van der Waals surface area contributed by atoms with Gasteiger partial charge in [0.25, 0.3) is 11.2 Å². The number of hydrogen-bond donors (Lipinski definition) is 0. The van der Waals surface area contributed by atoms with E-state index in [-0.39, 0.29) is 40.4 Å². The van der Waals surface area contributed by atoms with Gasteiger partial charge in [0.1, 0.15) is 10.8 Å². The topological polar surface area (TPSA) is 134 Å². The van der Waals surface area contributed by atoms with Crippen LogP contribution < -0.4 is 5.56 Å². The SMILES string of the molecule is O=C(CSc1nc2nccnc2c(=O)n1CCc1ccccc1)Cc1nc(-c2cccc([N+](=O)[O-])c2)cs1. The zero-order valence-corrected chi connectivity index (χ0v) is 21.5. The van der Waals surface area contributed by atoms with Crippen molar-refractivity contribution in [3.63, 3.8) is 0 Å². The maximum Gasteiger partial charge on any atom is 0.282 e. The van der Waals surface area contributed by atoms with E-state index in [4.69, 9.17) is 0 Å². The molecule has 12 heteroatoms. The van der Waals surface area contributed by atoms with E-state index < -0.39 is 4.92 Å². The molecule has 0 spiro atoms. The van der Waals surface area contributed by atoms with E-state index in [1.165, 1.54) is 47.6 Å². The summed E-state index contributed by atoms with van der Waals surface area (Å²) in [7, 11) is 0. The number of nitro groups is 1. The summed E-state index contributed by atoms with van der Waals surface area (Å²) in [6.07, 6.45) is 3.66. The molecular weight excluding hydrogens is 524 g/mol. The lowest BCUT2D eigenvalue weighted by molar-refractivity contribution is -0.384. The Bertz CT molecular complexity index is 1690. The van der Waals surface area contributed by atoms with Crippen molar-refractivity contribution in [3.05, 3.63) is 103 Å². The number of thioether (sulfide) groups is 1. The van der Waals surface area contributed by atoms with Crippen molar-refractivity contribution in [3.8, 4) is 11.3 Å². The zero-order valence-electron chi connectivity index (χ0n) is 19.9. The smallest absolute Gasteiger partial charge is 0.282 e. The molecule has 38 heavy (non-hydrogen) atoms. The van der Waals surface area contributed by atoms with E-state index in [1.54, 1.807) is 22.1 Å². The maximum absolute atomic E-state index is 13.2. The number of ketones is 1. The van der Waals surface area contributed by atoms with Crippen molar-refractivity contribution >= 4 is 45.7 Å². The first-order valence-corrected chi connectivity index (χ1v) is 13.4. The zero-order chi connectivity index (χ0) is 26.5. The second kappa shape index (κ2) is 11.4. The number of carbonyl (C=O) groups excluding carboxylic acids is 1. The fourth-order valence-electron chi connectivity index (χ4n) is 3.79. The minimum atomic E-state index is -0.455. The number of carbonyl (C=O) groups is 1. The summed E-state index contributed by atoms with van der Waals surface area (Å²) in [5, 5.41) is 13.9. The quantitative estimate of drug-likeness (QED) is 0.109. The largest absolute Gasteiger partial charge is 0.298 e. The molecule has 0 saturated heterocycles. The van der Waals surface area contributed by atoms with Crippen LogP contribution in [0.3, 0.4) is 0 Å². The third kappa shape index (κ3) is 5.82. The number of nitro benzene ring substituents is 1. The maximum atomic E-state index is 13.2. The minimum Gasteiger partial charge on any atom is -0.298 e. The molecule has 0 radical (unpaired) electrons. The van der Waals surface area contributed by atoms with Crippen molar-refractivity contribution in [2.24, 2.45) is 0 Å². The number of thiazole rings is 1. The van der Waals surface area contributed by atoms with Gasteiger partial charge in [0.05, 0.1) is 22.8 Å². The van der Waals surface area contributed by atoms with Crippen LogP contribution in [0.1, 0.15) is 10.6 Å². The van der Waals surface area contributed by atoms with Crippen LogP contribution >= 0.6 is 23.1 Å². The lowest BCUT2D eigenvalue weighted by Gasteiger charge is -2.12. The van der Waals surface area contributed by atoms with Crippen LogP contribution in [0.5, 0.6) is 0 Å². The summed E-state index contributed by atoms with van der Waals surface area (Å²) in [6, 6.07) is 16.0. The molecule has 5 aromatic rings. The fraction of sp³-hybridized carbons (Fsp3) is 0.154. The second-order valence-electron chi connectivity index (χ2n) is 8.25. The molecule has 0 saturated carbocycles. The van der Waals surface area contributed by atoms with Crippen LogP contribution in [0.4, 0.5) is 5.69 Å². The van der Waals surface area contributed by atoms with Crippen LogP contribution in [0.25, 0.3) is 22.4 Å². The highest BCUT2D eigenvalue weighted by Gasteiger charge is 2.17. The Labute approximate surface area is 224 Å². The van der Waals surface area contributed by atoms with Crippen molar-refractivity contribution in [1.29, 1.82) is 0 Å². The van der Waals surface area contributed by atoms with Gasteiger partial charge in [0.15, 0.2) is 16.3 Å². The first kappa shape index (κ1) is 25.4. The van der Waals surface area contributed by atoms with Gasteiger partial charge in [-0.25, -0.2) is 19.9 Å². The minimum absolute atomic E-state index is 0.0181. The molecule has 0 amide bonds. The predicted molar refractivity (Wildman–Crippen MR) is 145 cm³/mol. The highest BCUT2D eigenvalue weighted by atomic mass is 32.2. The fourth-order valence-corrected chi connectivity index (χ4v) is 5.50. The third-order valence-corrected chi connectivity index (χ3v) is 7.53. The van der Waals surface area contributed by atoms with Gasteiger partial charge in [-0.15, -0.1) is 11.3 Å². The first-order valence-electron chi connectivity index (χ1n) is 11.6. The molecule has 3 heterocycles. The highest BCUT2D eigenvalue weighted by molar-refractivity contribution is 7.99. The van der Waals surface area contributed by atoms with E-state index in [9.17, 15) is 19.7 Å². The highest BCUT2D eigenvalue weighted by Crippen LogP contribution is 2.26. The van der Waals surface area contributed by atoms with E-state index in [1.807, 2.05) is 30.3 Å². The predicted octanol–water partition coefficient (Wildman–Crippen LogP) is 4.36. The van der Waals surface area contributed by atoms with Crippen molar-refractivity contribution in [2.45, 2.75) is 24.5 Å². The molecule has 0 aliphatic rings. The molecule has 0 aliphatic carbocycles. The Morgan fingerprint density at radius 1 is 1.05 bits per heavy atom. The summed E-state index contributed by atoms with van der Waals surface area (Å²) in [4.78, 5) is 54.0. The molecule has 0 fully saturated rings. The average molecular weight is 545 g/mol. The number of hydrogen-bond acceptors (Lipinski definition) is 10. The van der Waals surface area contributed by atoms with Gasteiger partial charge >= 0.3 is 0 Å². The van der Waals surface area contributed by atoms with Crippen LogP contribution in [0, 0.1) is 10.1 Å². The Morgan fingerprint density at radius 3 is 2.68 bits per heavy atom. The number of rotatable bonds is 10. The van der Waals surface area contributed by atoms with Gasteiger partial charge in [-0.2, -0.15) is 0 Å². The number of non-ortho nitro benzene ring substituents is 1. The van der Waals surface area contributed by atoms with Crippen LogP contribution in [0.2, 0.25) is 0 Å². The number of nitrogens with zero attached hydrogens (tertiary/aromatic N) is 6. The number of aryl methyl sites for hydroxylation is 1. The molecule has 0 bridgehead atoms. The normalized spacial score (nSPS) is 11.1. The molecular formula is C26H20N6O4S2. The van der Waals surface area contributed by atoms with Crippen molar-refractivity contribution < 1.29 is 9.72 Å². The number of benzene rings is 2. The summed E-state index contributed by atoms with van der Waals surface area (Å²) < 4.78 is 1.55. The lowest BCUT2D eigenvalue weighted by atomic mass is 10.1. The summed E-state index contributed by atoms with van der Waals surface area (Å²) in [6.45, 7) is 0.387. The van der Waals surface area contributed by atoms with E-state index in [0.717, 1.165) is 5.56 Å². The first-order chi connectivity index (χ1) is 18.5. The standard InChI is InChI=1S/C26H20N6O4S2/c33-20(14-22-29-21(16-37-22)18-7-4-8-19(13-18)32(35)36)15-38-26-30-24-23(27-10-11-28-24)25(34)31(26)12-9-17-5-2-1-3-6-17/h1-8,10-11,13,16H,9,12,14-15H2. The van der Waals surface area contributed by atoms with Crippen molar-refractivity contribution in [2.75, 3.05) is 5.75 Å². The number of fused-ring (bicyclic) bond motifs is 1. The van der Waals surface area contributed by atoms with Crippen LogP contribution in [-0.4, -0.2) is 41.0 Å². The van der Waals surface area contributed by atoms with E-state index >= 15 is 0 Å². The Morgan fingerprint density at radius 2 is 1.87 bits per heavy atom. The van der Waals surface area contributed by atoms with Gasteiger partial charge in [0, 0.05) is 42.0 Å². The number of aromatic nitrogens is 5. The van der Waals surface area contributed by atoms with E-state index in [0.29, 0.717) is 34.4 Å². The molecule has 190 valence electrons. The summed E-state index contributed by atoms with van der Waals surface area (Å²) >= 11 is 2.51. The van der Waals surface area contributed by atoms with Gasteiger partial charge in [0.2, 0.25) is 0 Å². The number of Topliss-reactive ketones (excluding diaryl/α,β-unsaturated/α-hetero) is 1. The molecule has 0 unspecified atom stereocenters. The monoisotopic (exact) mass is 544 g/mol. The Kier molecular flexibility index (Phi) is 7.61. The lowest BCUT2D eigenvalue weighted by Crippen LogP contribution is -2.25. The Balaban J connectivity index is 1.30. The molecule has 0 aliphatic heterocycles. The third-order valence-electron chi connectivity index (χ3n) is 5.64. The van der Waals surface area contributed by atoms with Crippen LogP contribution in [-0.2, 0) is 24.2 Å². The Hall–Kier alpha value is -4.29. The van der Waals surface area contributed by atoms with Gasteiger partial charge in [-0.3, -0.25) is 24.3 Å². The van der Waals surface area contributed by atoms with Crippen LogP contribution in [0.15, 0.2) is 82.3 Å². The molecule has 0 N–H and O–H groups in total. The molecule has 0 atom stereocenters. The summed E-state index contributed by atoms with van der Waals surface area (Å²) in [5.41, 5.74) is 2.39. The average Bonchev–Trinajstić information content (AvgIpc) is 3.40. The second-order valence-corrected chi connectivity index (χ2v) is 10.1. The molecule has 5 rings (SSSR count). The van der Waals surface area contributed by atoms with Crippen molar-refractivity contribution in [1.82, 2.24) is 24.5 Å². The molecule has 3 aromatic heterocycles. The molecule has 2 aromatic carbocycles. The van der Waals surface area contributed by atoms with Gasteiger partial charge < -0.3 is 0 Å².